The van der Waals surface area contributed by atoms with Gasteiger partial charge < -0.3 is 18.6 Å². The fourth-order valence-electron chi connectivity index (χ4n) is 1.32. The Morgan fingerprint density at radius 2 is 1.64 bits per heavy atom. The largest absolute Gasteiger partial charge is 0.462 e. The maximum atomic E-state index is 11.2. The molecule has 0 N–H and O–H groups in total. The minimum absolute atomic E-state index is 0.271. The van der Waals surface area contributed by atoms with E-state index in [1.165, 1.54) is 0 Å². The van der Waals surface area contributed by atoms with E-state index in [0.29, 0.717) is 25.4 Å². The Morgan fingerprint density at radius 1 is 1.05 bits per heavy atom. The van der Waals surface area contributed by atoms with E-state index in [1.807, 2.05) is 0 Å². The lowest BCUT2D eigenvalue weighted by atomic mass is 10.4. The van der Waals surface area contributed by atoms with Crippen LogP contribution in [0.25, 0.3) is 0 Å². The van der Waals surface area contributed by atoms with Crippen molar-refractivity contribution in [1.82, 2.24) is 0 Å². The van der Waals surface area contributed by atoms with Gasteiger partial charge in [0.25, 0.3) is 6.48 Å². The molecule has 0 fully saturated rings. The molecule has 0 aromatic rings. The van der Waals surface area contributed by atoms with Crippen LogP contribution < -0.4 is 0 Å². The third-order valence-corrected chi connectivity index (χ3v) is 3.60. The third kappa shape index (κ3) is 13.0. The third-order valence-electron chi connectivity index (χ3n) is 2.69. The standard InChI is InChI=1S/C16H30O5Si/c1-5-7-10-19-16(20-11-8-6-2)21-22-13-9-12-18-15(17)14(3)4/h16H,3,5-13H2,1-2,4H3. The highest BCUT2D eigenvalue weighted by Gasteiger charge is 2.10. The molecule has 0 aliphatic heterocycles. The van der Waals surface area contributed by atoms with Crippen molar-refractivity contribution in [2.24, 2.45) is 0 Å². The first kappa shape index (κ1) is 21.3. The highest BCUT2D eigenvalue weighted by molar-refractivity contribution is 6.27. The van der Waals surface area contributed by atoms with E-state index in [9.17, 15) is 4.79 Å². The molecule has 6 heteroatoms. The average Bonchev–Trinajstić information content (AvgIpc) is 2.50. The van der Waals surface area contributed by atoms with E-state index < -0.39 is 6.48 Å². The minimum Gasteiger partial charge on any atom is -0.462 e. The lowest BCUT2D eigenvalue weighted by Gasteiger charge is -2.18. The van der Waals surface area contributed by atoms with E-state index in [4.69, 9.17) is 18.6 Å². The number of carbonyl (C=O) groups is 1. The smallest absolute Gasteiger partial charge is 0.333 e. The Morgan fingerprint density at radius 3 is 2.14 bits per heavy atom. The molecule has 2 radical (unpaired) electrons. The second-order valence-corrected chi connectivity index (χ2v) is 6.04. The molecule has 0 aliphatic rings. The van der Waals surface area contributed by atoms with E-state index in [2.05, 4.69) is 20.4 Å². The second-order valence-electron chi connectivity index (χ2n) is 5.02. The van der Waals surface area contributed by atoms with Crippen molar-refractivity contribution >= 4 is 15.7 Å². The molecule has 0 aromatic carbocycles. The topological polar surface area (TPSA) is 54.0 Å². The SMILES string of the molecule is C=C(C)C(=O)OCCC[Si]OC(OCCCC)OCCCC. The Labute approximate surface area is 137 Å². The summed E-state index contributed by atoms with van der Waals surface area (Å²) in [7, 11) is 0.271. The summed E-state index contributed by atoms with van der Waals surface area (Å²) in [5.74, 6) is -0.340. The van der Waals surface area contributed by atoms with Crippen molar-refractivity contribution < 1.29 is 23.4 Å². The first-order valence-electron chi connectivity index (χ1n) is 8.06. The minimum atomic E-state index is -0.575. The molecule has 0 aromatic heterocycles. The molecule has 0 heterocycles. The molecule has 0 rings (SSSR count). The van der Waals surface area contributed by atoms with Crippen molar-refractivity contribution in [2.75, 3.05) is 19.8 Å². The molecular weight excluding hydrogens is 300 g/mol. The molecule has 5 nitrogen and oxygen atoms in total. The first-order chi connectivity index (χ1) is 10.6. The number of rotatable bonds is 15. The van der Waals surface area contributed by atoms with Gasteiger partial charge in [-0.3, -0.25) is 0 Å². The van der Waals surface area contributed by atoms with Crippen LogP contribution in [-0.2, 0) is 23.4 Å². The fourth-order valence-corrected chi connectivity index (χ4v) is 2.00. The molecule has 22 heavy (non-hydrogen) atoms. The first-order valence-corrected chi connectivity index (χ1v) is 9.17. The Hall–Kier alpha value is -0.693. The van der Waals surface area contributed by atoms with Crippen LogP contribution in [0.1, 0.15) is 52.9 Å². The van der Waals surface area contributed by atoms with Gasteiger partial charge in [-0.1, -0.05) is 33.3 Å². The highest BCUT2D eigenvalue weighted by Crippen LogP contribution is 2.04. The van der Waals surface area contributed by atoms with Gasteiger partial charge in [0.15, 0.2) is 0 Å². The predicted octanol–water partition coefficient (Wildman–Crippen LogP) is 3.47. The van der Waals surface area contributed by atoms with Crippen LogP contribution in [0.3, 0.4) is 0 Å². The van der Waals surface area contributed by atoms with Crippen molar-refractivity contribution in [2.45, 2.75) is 65.4 Å². The van der Waals surface area contributed by atoms with Crippen LogP contribution in [0, 0.1) is 0 Å². The van der Waals surface area contributed by atoms with Gasteiger partial charge in [0, 0.05) is 5.57 Å². The average molecular weight is 330 g/mol. The zero-order valence-electron chi connectivity index (χ0n) is 14.2. The number of hydrogen-bond acceptors (Lipinski definition) is 5. The van der Waals surface area contributed by atoms with Crippen molar-refractivity contribution in [1.29, 1.82) is 0 Å². The Kier molecular flexibility index (Phi) is 14.7. The van der Waals surface area contributed by atoms with Gasteiger partial charge in [0.2, 0.25) is 9.76 Å². The van der Waals surface area contributed by atoms with Crippen LogP contribution in [-0.4, -0.2) is 42.0 Å². The molecule has 0 atom stereocenters. The number of esters is 1. The number of carbonyl (C=O) groups excluding carboxylic acids is 1. The maximum Gasteiger partial charge on any atom is 0.333 e. The van der Waals surface area contributed by atoms with Crippen LogP contribution in [0.5, 0.6) is 0 Å². The molecule has 0 unspecified atom stereocenters. The van der Waals surface area contributed by atoms with Crippen molar-refractivity contribution in [3.05, 3.63) is 12.2 Å². The summed E-state index contributed by atoms with van der Waals surface area (Å²) >= 11 is 0. The van der Waals surface area contributed by atoms with Gasteiger partial charge in [-0.05, 0) is 32.2 Å². The lowest BCUT2D eigenvalue weighted by Crippen LogP contribution is -2.24. The zero-order valence-corrected chi connectivity index (χ0v) is 15.2. The summed E-state index contributed by atoms with van der Waals surface area (Å²) in [5, 5.41) is 0. The highest BCUT2D eigenvalue weighted by atomic mass is 28.2. The van der Waals surface area contributed by atoms with Crippen molar-refractivity contribution in [3.63, 3.8) is 0 Å². The van der Waals surface area contributed by atoms with Crippen LogP contribution in [0.2, 0.25) is 6.04 Å². The number of unbranched alkanes of at least 4 members (excludes halogenated alkanes) is 2. The summed E-state index contributed by atoms with van der Waals surface area (Å²) in [6.07, 6.45) is 4.91. The van der Waals surface area contributed by atoms with Gasteiger partial charge in [-0.25, -0.2) is 4.79 Å². The quantitative estimate of drug-likeness (QED) is 0.151. The fraction of sp³-hybridized carbons (Fsp3) is 0.812. The molecular formula is C16H30O5Si. The number of hydrogen-bond donors (Lipinski definition) is 0. The molecule has 0 amide bonds. The zero-order chi connectivity index (χ0) is 16.6. The lowest BCUT2D eigenvalue weighted by molar-refractivity contribution is -0.248. The summed E-state index contributed by atoms with van der Waals surface area (Å²) in [6, 6.07) is 0.814. The molecule has 0 saturated heterocycles. The van der Waals surface area contributed by atoms with Gasteiger partial charge in [0.05, 0.1) is 19.8 Å². The molecule has 0 saturated carbocycles. The van der Waals surface area contributed by atoms with E-state index in [-0.39, 0.29) is 15.7 Å². The van der Waals surface area contributed by atoms with Crippen LogP contribution in [0.15, 0.2) is 12.2 Å². The van der Waals surface area contributed by atoms with Gasteiger partial charge in [-0.15, -0.1) is 0 Å². The van der Waals surface area contributed by atoms with Gasteiger partial charge in [-0.2, -0.15) is 0 Å². The summed E-state index contributed by atoms with van der Waals surface area (Å²) < 4.78 is 21.8. The van der Waals surface area contributed by atoms with Crippen LogP contribution >= 0.6 is 0 Å². The molecule has 0 spiro atoms. The summed E-state index contributed by atoms with van der Waals surface area (Å²) in [5.41, 5.74) is 0.424. The molecule has 128 valence electrons. The van der Waals surface area contributed by atoms with Gasteiger partial charge in [0.1, 0.15) is 0 Å². The van der Waals surface area contributed by atoms with E-state index in [0.717, 1.165) is 38.1 Å². The Bertz CT molecular complexity index is 286. The van der Waals surface area contributed by atoms with Crippen molar-refractivity contribution in [3.8, 4) is 0 Å². The summed E-state index contributed by atoms with van der Waals surface area (Å²) in [6.45, 7) is 10.5. The van der Waals surface area contributed by atoms with Crippen LogP contribution in [0.4, 0.5) is 0 Å². The van der Waals surface area contributed by atoms with Gasteiger partial charge >= 0.3 is 5.97 Å². The predicted molar refractivity (Wildman–Crippen MR) is 87.5 cm³/mol. The normalized spacial score (nSPS) is 10.9. The monoisotopic (exact) mass is 330 g/mol. The van der Waals surface area contributed by atoms with E-state index >= 15 is 0 Å². The number of ether oxygens (including phenoxy) is 3. The molecule has 0 bridgehead atoms. The maximum absolute atomic E-state index is 11.2. The van der Waals surface area contributed by atoms with E-state index in [1.54, 1.807) is 6.92 Å². The Balaban J connectivity index is 3.71. The second kappa shape index (κ2) is 15.2. The summed E-state index contributed by atoms with van der Waals surface area (Å²) in [4.78, 5) is 11.2. The molecule has 0 aliphatic carbocycles.